The van der Waals surface area contributed by atoms with Crippen molar-refractivity contribution in [2.24, 2.45) is 0 Å². The van der Waals surface area contributed by atoms with Gasteiger partial charge in [0.15, 0.2) is 6.61 Å². The fourth-order valence-corrected chi connectivity index (χ4v) is 3.89. The monoisotopic (exact) mass is 622 g/mol. The van der Waals surface area contributed by atoms with Gasteiger partial charge < -0.3 is 19.5 Å². The summed E-state index contributed by atoms with van der Waals surface area (Å²) < 4.78 is 109. The largest absolute Gasteiger partial charge is 0.461 e. The van der Waals surface area contributed by atoms with Gasteiger partial charge in [0.05, 0.1) is 17.3 Å². The quantitative estimate of drug-likeness (QED) is 0.183. The minimum Gasteiger partial charge on any atom is -0.461 e. The summed E-state index contributed by atoms with van der Waals surface area (Å²) in [5.74, 6) is -8.50. The average molecular weight is 623 g/mol. The molecule has 1 atom stereocenters. The number of nitrogens with zero attached hydrogens (tertiary/aromatic N) is 1. The molecule has 0 radical (unpaired) electrons. The number of pyridine rings is 1. The van der Waals surface area contributed by atoms with Crippen molar-refractivity contribution in [3.05, 3.63) is 94.5 Å². The van der Waals surface area contributed by atoms with Gasteiger partial charge in [-0.05, 0) is 42.3 Å². The molecular formula is C27H22ClF7N2O5. The van der Waals surface area contributed by atoms with E-state index in [1.54, 1.807) is 30.3 Å². The smallest absolute Gasteiger partial charge is 0.461 e. The highest BCUT2D eigenvalue weighted by atomic mass is 35.5. The molecule has 226 valence electrons. The van der Waals surface area contributed by atoms with Gasteiger partial charge in [-0.15, -0.1) is 0 Å². The topological polar surface area (TPSA) is 86.8 Å². The molecule has 7 nitrogen and oxygen atoms in total. The van der Waals surface area contributed by atoms with E-state index in [-0.39, 0.29) is 29.3 Å². The Morgan fingerprint density at radius 2 is 1.69 bits per heavy atom. The molecule has 1 heterocycles. The first kappa shape index (κ1) is 32.4. The van der Waals surface area contributed by atoms with E-state index < -0.39 is 54.2 Å². The first-order chi connectivity index (χ1) is 19.7. The van der Waals surface area contributed by atoms with Gasteiger partial charge in [-0.2, -0.15) is 26.3 Å². The summed E-state index contributed by atoms with van der Waals surface area (Å²) >= 11 is 5.95. The molecular weight excluding hydrogens is 601 g/mol. The zero-order valence-electron chi connectivity index (χ0n) is 21.6. The van der Waals surface area contributed by atoms with Gasteiger partial charge in [0, 0.05) is 18.7 Å². The SMILES string of the molecule is CCOC(=O)C(F)(F)COC(=O)N[C@@](Cc1ccccc1)(c1cc(F)cc(OC(F)(F)C(F)F)c1)c1ccc(Cl)cn1. The van der Waals surface area contributed by atoms with E-state index in [1.807, 2.05) is 0 Å². The molecule has 0 saturated carbocycles. The van der Waals surface area contributed by atoms with Crippen LogP contribution in [0.5, 0.6) is 5.75 Å². The van der Waals surface area contributed by atoms with E-state index in [2.05, 4.69) is 24.5 Å². The van der Waals surface area contributed by atoms with Crippen molar-refractivity contribution < 1.29 is 54.5 Å². The number of nitrogens with one attached hydrogen (secondary N) is 1. The fourth-order valence-electron chi connectivity index (χ4n) is 3.78. The predicted octanol–water partition coefficient (Wildman–Crippen LogP) is 6.52. The molecule has 1 N–H and O–H groups in total. The summed E-state index contributed by atoms with van der Waals surface area (Å²) in [6, 6.07) is 12.4. The molecule has 1 amide bonds. The molecule has 42 heavy (non-hydrogen) atoms. The number of hydrogen-bond acceptors (Lipinski definition) is 6. The van der Waals surface area contributed by atoms with Gasteiger partial charge in [-0.1, -0.05) is 41.9 Å². The van der Waals surface area contributed by atoms with Crippen LogP contribution in [0, 0.1) is 5.82 Å². The van der Waals surface area contributed by atoms with Gasteiger partial charge in [0.1, 0.15) is 17.1 Å². The number of alkyl halides is 6. The first-order valence-corrected chi connectivity index (χ1v) is 12.4. The summed E-state index contributed by atoms with van der Waals surface area (Å²) in [7, 11) is 0. The number of carbonyl (C=O) groups excluding carboxylic acids is 2. The summed E-state index contributed by atoms with van der Waals surface area (Å²) in [6.45, 7) is -0.852. The summed E-state index contributed by atoms with van der Waals surface area (Å²) in [5.41, 5.74) is -2.17. The number of esters is 1. The minimum atomic E-state index is -5.02. The van der Waals surface area contributed by atoms with Crippen molar-refractivity contribution >= 4 is 23.7 Å². The maximum atomic E-state index is 14.8. The fraction of sp³-hybridized carbons (Fsp3) is 0.296. The number of benzene rings is 2. The van der Waals surface area contributed by atoms with Crippen molar-refractivity contribution in [3.63, 3.8) is 0 Å². The lowest BCUT2D eigenvalue weighted by Crippen LogP contribution is -2.50. The first-order valence-electron chi connectivity index (χ1n) is 12.0. The second-order valence-corrected chi connectivity index (χ2v) is 9.13. The lowest BCUT2D eigenvalue weighted by molar-refractivity contribution is -0.253. The molecule has 0 saturated heterocycles. The molecule has 0 spiro atoms. The number of hydrogen-bond donors (Lipinski definition) is 1. The number of aromatic nitrogens is 1. The molecule has 0 aliphatic heterocycles. The van der Waals surface area contributed by atoms with Crippen molar-refractivity contribution in [3.8, 4) is 5.75 Å². The van der Waals surface area contributed by atoms with Gasteiger partial charge in [-0.25, -0.2) is 14.0 Å². The van der Waals surface area contributed by atoms with Crippen LogP contribution in [-0.2, 0) is 26.2 Å². The van der Waals surface area contributed by atoms with Crippen molar-refractivity contribution in [2.75, 3.05) is 13.2 Å². The zero-order valence-corrected chi connectivity index (χ0v) is 22.3. The summed E-state index contributed by atoms with van der Waals surface area (Å²) in [5, 5.41) is 2.42. The van der Waals surface area contributed by atoms with Crippen LogP contribution in [-0.4, -0.2) is 48.7 Å². The van der Waals surface area contributed by atoms with Gasteiger partial charge in [0.2, 0.25) is 0 Å². The third-order valence-electron chi connectivity index (χ3n) is 5.62. The number of rotatable bonds is 12. The van der Waals surface area contributed by atoms with E-state index in [0.717, 1.165) is 18.3 Å². The number of alkyl carbamates (subject to hydrolysis) is 1. The standard InChI is InChI=1S/C27H22ClF7N2O5/c1-2-40-23(38)26(32,33)15-41-24(39)37-25(13-16-6-4-3-5-7-16,21-9-8-18(28)14-36-21)17-10-19(29)12-20(11-17)42-27(34,35)22(30)31/h3-12,14,22H,2,13,15H2,1H3,(H,37,39)/t25-/m0/s1. The second-order valence-electron chi connectivity index (χ2n) is 8.70. The van der Waals surface area contributed by atoms with Crippen molar-refractivity contribution in [1.29, 1.82) is 0 Å². The Kier molecular flexibility index (Phi) is 10.3. The van der Waals surface area contributed by atoms with Crippen LogP contribution in [0.15, 0.2) is 66.9 Å². The Morgan fingerprint density at radius 3 is 2.29 bits per heavy atom. The van der Waals surface area contributed by atoms with Crippen LogP contribution in [0.3, 0.4) is 0 Å². The van der Waals surface area contributed by atoms with E-state index >= 15 is 0 Å². The Bertz CT molecular complexity index is 1380. The van der Waals surface area contributed by atoms with Gasteiger partial charge >= 0.3 is 30.5 Å². The van der Waals surface area contributed by atoms with Crippen LogP contribution in [0.1, 0.15) is 23.7 Å². The number of amides is 1. The van der Waals surface area contributed by atoms with Crippen LogP contribution in [0.4, 0.5) is 35.5 Å². The van der Waals surface area contributed by atoms with Crippen molar-refractivity contribution in [2.45, 2.75) is 37.3 Å². The Balaban J connectivity index is 2.16. The highest BCUT2D eigenvalue weighted by Crippen LogP contribution is 2.37. The molecule has 3 aromatic rings. The van der Waals surface area contributed by atoms with Crippen LogP contribution >= 0.6 is 11.6 Å². The van der Waals surface area contributed by atoms with E-state index in [4.69, 9.17) is 11.6 Å². The number of halogens is 8. The molecule has 0 aliphatic carbocycles. The van der Waals surface area contributed by atoms with Crippen LogP contribution in [0.2, 0.25) is 5.02 Å². The lowest BCUT2D eigenvalue weighted by Gasteiger charge is -2.35. The minimum absolute atomic E-state index is 0.115. The van der Waals surface area contributed by atoms with Crippen LogP contribution in [0.25, 0.3) is 0 Å². The highest BCUT2D eigenvalue weighted by Gasteiger charge is 2.46. The molecule has 2 aromatic carbocycles. The second kappa shape index (κ2) is 13.3. The molecule has 0 bridgehead atoms. The average Bonchev–Trinajstić information content (AvgIpc) is 2.92. The Labute approximate surface area is 239 Å². The van der Waals surface area contributed by atoms with Gasteiger partial charge in [0.25, 0.3) is 0 Å². The lowest BCUT2D eigenvalue weighted by atomic mass is 9.80. The molecule has 0 unspecified atom stereocenters. The summed E-state index contributed by atoms with van der Waals surface area (Å²) in [6.07, 6.45) is -10.1. The van der Waals surface area contributed by atoms with Gasteiger partial charge in [-0.3, -0.25) is 4.98 Å². The maximum Gasteiger partial charge on any atom is 0.461 e. The van der Waals surface area contributed by atoms with E-state index in [0.29, 0.717) is 11.6 Å². The van der Waals surface area contributed by atoms with Crippen LogP contribution < -0.4 is 10.1 Å². The zero-order chi connectivity index (χ0) is 31.1. The Morgan fingerprint density at radius 1 is 1.00 bits per heavy atom. The van der Waals surface area contributed by atoms with E-state index in [9.17, 15) is 40.3 Å². The molecule has 1 aromatic heterocycles. The third kappa shape index (κ3) is 8.02. The molecule has 0 fully saturated rings. The van der Waals surface area contributed by atoms with E-state index in [1.165, 1.54) is 19.1 Å². The summed E-state index contributed by atoms with van der Waals surface area (Å²) in [4.78, 5) is 28.6. The molecule has 0 aliphatic rings. The number of carbonyl (C=O) groups is 2. The highest BCUT2D eigenvalue weighted by molar-refractivity contribution is 6.30. The van der Waals surface area contributed by atoms with Crippen molar-refractivity contribution in [1.82, 2.24) is 10.3 Å². The molecule has 15 heteroatoms. The predicted molar refractivity (Wildman–Crippen MR) is 134 cm³/mol. The number of ether oxygens (including phenoxy) is 3. The Hall–Kier alpha value is -4.07. The third-order valence-corrected chi connectivity index (χ3v) is 5.85. The maximum absolute atomic E-state index is 14.8. The molecule has 3 rings (SSSR count). The normalized spacial score (nSPS) is 13.3.